The number of rotatable bonds is 7. The van der Waals surface area contributed by atoms with Crippen molar-refractivity contribution in [3.05, 3.63) is 47.2 Å². The lowest BCUT2D eigenvalue weighted by molar-refractivity contribution is -0.139. The molecule has 3 heterocycles. The fraction of sp³-hybridized carbons (Fsp3) is 0.577. The maximum Gasteiger partial charge on any atom is 0.338 e. The number of likely N-dealkylation sites (tertiary alicyclic amines) is 1. The van der Waals surface area contributed by atoms with E-state index in [0.717, 1.165) is 57.7 Å². The van der Waals surface area contributed by atoms with Crippen LogP contribution in [-0.4, -0.2) is 91.6 Å². The zero-order valence-electron chi connectivity index (χ0n) is 20.6. The molecule has 9 heteroatoms. The average molecular weight is 484 g/mol. The molecule has 0 saturated carbocycles. The highest BCUT2D eigenvalue weighted by atomic mass is 16.5. The molecule has 190 valence electrons. The summed E-state index contributed by atoms with van der Waals surface area (Å²) in [6.07, 6.45) is 4.62. The molecule has 0 radical (unpaired) electrons. The smallest absolute Gasteiger partial charge is 0.338 e. The van der Waals surface area contributed by atoms with Gasteiger partial charge in [0.2, 0.25) is 5.91 Å². The van der Waals surface area contributed by atoms with Crippen LogP contribution in [-0.2, 0) is 14.3 Å². The van der Waals surface area contributed by atoms with Gasteiger partial charge in [0.05, 0.1) is 24.8 Å². The van der Waals surface area contributed by atoms with E-state index >= 15 is 0 Å². The highest BCUT2D eigenvalue weighted by Crippen LogP contribution is 2.28. The quantitative estimate of drug-likeness (QED) is 0.575. The Morgan fingerprint density at radius 3 is 2.26 bits per heavy atom. The Balaban J connectivity index is 1.41. The molecule has 3 amide bonds. The molecule has 2 fully saturated rings. The lowest BCUT2D eigenvalue weighted by Crippen LogP contribution is -2.53. The fourth-order valence-corrected chi connectivity index (χ4v) is 5.03. The van der Waals surface area contributed by atoms with Crippen LogP contribution in [0.5, 0.6) is 0 Å². The number of ether oxygens (including phenoxy) is 1. The predicted octanol–water partition coefficient (Wildman–Crippen LogP) is 1.88. The van der Waals surface area contributed by atoms with E-state index in [4.69, 9.17) is 4.74 Å². The first-order valence-corrected chi connectivity index (χ1v) is 12.8. The summed E-state index contributed by atoms with van der Waals surface area (Å²) in [5.41, 5.74) is 1.85. The van der Waals surface area contributed by atoms with Crippen molar-refractivity contribution < 1.29 is 19.1 Å². The molecule has 3 aliphatic heterocycles. The van der Waals surface area contributed by atoms with E-state index in [1.165, 1.54) is 12.8 Å². The van der Waals surface area contributed by atoms with Crippen molar-refractivity contribution in [1.29, 1.82) is 0 Å². The van der Waals surface area contributed by atoms with Crippen molar-refractivity contribution in [2.45, 2.75) is 38.6 Å². The summed E-state index contributed by atoms with van der Waals surface area (Å²) < 4.78 is 5.36. The number of amides is 3. The van der Waals surface area contributed by atoms with Crippen LogP contribution < -0.4 is 10.6 Å². The number of esters is 1. The van der Waals surface area contributed by atoms with Crippen LogP contribution in [0.25, 0.3) is 0 Å². The normalized spacial score (nSPS) is 22.3. The maximum absolute atomic E-state index is 12.9. The van der Waals surface area contributed by atoms with Crippen molar-refractivity contribution in [3.8, 4) is 0 Å². The third-order valence-corrected chi connectivity index (χ3v) is 6.95. The zero-order valence-corrected chi connectivity index (χ0v) is 20.6. The Hall–Kier alpha value is -2.91. The van der Waals surface area contributed by atoms with Gasteiger partial charge in [-0.05, 0) is 25.3 Å². The SMILES string of the molecule is CCOC(=O)C1=C(CN2CCN(CC(=O)N3CCCCCC3)CC2)NC(=O)NC1c1ccccc1. The molecule has 1 unspecified atom stereocenters. The minimum atomic E-state index is -0.563. The van der Waals surface area contributed by atoms with E-state index in [9.17, 15) is 14.4 Å². The Bertz CT molecular complexity index is 919. The molecule has 4 rings (SSSR count). The van der Waals surface area contributed by atoms with Crippen LogP contribution >= 0.6 is 0 Å². The number of hydrogen-bond donors (Lipinski definition) is 2. The molecule has 2 saturated heterocycles. The highest BCUT2D eigenvalue weighted by Gasteiger charge is 2.34. The number of carbonyl (C=O) groups excluding carboxylic acids is 3. The van der Waals surface area contributed by atoms with Gasteiger partial charge in [-0.15, -0.1) is 0 Å². The average Bonchev–Trinajstić information content (AvgIpc) is 3.15. The van der Waals surface area contributed by atoms with Gasteiger partial charge in [-0.2, -0.15) is 0 Å². The Labute approximate surface area is 207 Å². The summed E-state index contributed by atoms with van der Waals surface area (Å²) in [5.74, 6) is -0.200. The lowest BCUT2D eigenvalue weighted by Gasteiger charge is -2.37. The van der Waals surface area contributed by atoms with Gasteiger partial charge in [-0.25, -0.2) is 9.59 Å². The second kappa shape index (κ2) is 12.2. The van der Waals surface area contributed by atoms with E-state index in [1.54, 1.807) is 6.92 Å². The highest BCUT2D eigenvalue weighted by molar-refractivity contribution is 5.95. The number of hydrogen-bond acceptors (Lipinski definition) is 6. The summed E-state index contributed by atoms with van der Waals surface area (Å²) in [5, 5.41) is 5.73. The number of urea groups is 1. The number of carbonyl (C=O) groups is 3. The standard InChI is InChI=1S/C26H37N5O4/c1-2-35-25(33)23-21(27-26(34)28-24(23)20-10-6-5-7-11-20)18-29-14-16-30(17-15-29)19-22(32)31-12-8-3-4-9-13-31/h5-7,10-11,24H,2-4,8-9,12-19H2,1H3,(H2,27,28,34). The Kier molecular flexibility index (Phi) is 8.76. The molecular formula is C26H37N5O4. The molecular weight excluding hydrogens is 446 g/mol. The summed E-state index contributed by atoms with van der Waals surface area (Å²) in [6, 6.07) is 8.57. The molecule has 2 N–H and O–H groups in total. The van der Waals surface area contributed by atoms with Gasteiger partial charge in [0.1, 0.15) is 0 Å². The molecule has 35 heavy (non-hydrogen) atoms. The molecule has 1 aromatic carbocycles. The molecule has 0 aliphatic carbocycles. The van der Waals surface area contributed by atoms with Crippen LogP contribution in [0.3, 0.4) is 0 Å². The Morgan fingerprint density at radius 2 is 1.60 bits per heavy atom. The Morgan fingerprint density at radius 1 is 0.943 bits per heavy atom. The summed E-state index contributed by atoms with van der Waals surface area (Å²) >= 11 is 0. The van der Waals surface area contributed by atoms with E-state index in [2.05, 4.69) is 20.4 Å². The topological polar surface area (TPSA) is 94.2 Å². The van der Waals surface area contributed by atoms with Crippen molar-refractivity contribution in [2.24, 2.45) is 0 Å². The van der Waals surface area contributed by atoms with Gasteiger partial charge in [-0.3, -0.25) is 14.6 Å². The van der Waals surface area contributed by atoms with Crippen LogP contribution in [0.15, 0.2) is 41.6 Å². The second-order valence-electron chi connectivity index (χ2n) is 9.40. The lowest BCUT2D eigenvalue weighted by atomic mass is 9.95. The van der Waals surface area contributed by atoms with Crippen LogP contribution in [0, 0.1) is 0 Å². The molecule has 1 atom stereocenters. The van der Waals surface area contributed by atoms with Crippen LogP contribution in [0.2, 0.25) is 0 Å². The molecule has 0 aromatic heterocycles. The van der Waals surface area contributed by atoms with Crippen molar-refractivity contribution in [1.82, 2.24) is 25.3 Å². The summed E-state index contributed by atoms with van der Waals surface area (Å²) in [7, 11) is 0. The van der Waals surface area contributed by atoms with Crippen molar-refractivity contribution in [3.63, 3.8) is 0 Å². The number of nitrogens with zero attached hydrogens (tertiary/aromatic N) is 3. The number of piperazine rings is 1. The molecule has 0 spiro atoms. The molecule has 3 aliphatic rings. The van der Waals surface area contributed by atoms with E-state index in [0.29, 0.717) is 24.4 Å². The van der Waals surface area contributed by atoms with Crippen LogP contribution in [0.4, 0.5) is 4.79 Å². The molecule has 1 aromatic rings. The maximum atomic E-state index is 12.9. The van der Waals surface area contributed by atoms with Gasteiger partial charge in [-0.1, -0.05) is 43.2 Å². The van der Waals surface area contributed by atoms with Gasteiger partial charge in [0, 0.05) is 51.5 Å². The van der Waals surface area contributed by atoms with Gasteiger partial charge < -0.3 is 20.3 Å². The largest absolute Gasteiger partial charge is 0.463 e. The van der Waals surface area contributed by atoms with Crippen LogP contribution in [0.1, 0.15) is 44.2 Å². The van der Waals surface area contributed by atoms with E-state index in [1.807, 2.05) is 35.2 Å². The summed E-state index contributed by atoms with van der Waals surface area (Å²) in [6.45, 7) is 7.75. The first-order valence-electron chi connectivity index (χ1n) is 12.8. The van der Waals surface area contributed by atoms with Crippen molar-refractivity contribution in [2.75, 3.05) is 59.0 Å². The third-order valence-electron chi connectivity index (χ3n) is 6.95. The molecule has 0 bridgehead atoms. The number of benzene rings is 1. The van der Waals surface area contributed by atoms with Gasteiger partial charge >= 0.3 is 12.0 Å². The minimum absolute atomic E-state index is 0.226. The minimum Gasteiger partial charge on any atom is -0.463 e. The molecule has 9 nitrogen and oxygen atoms in total. The van der Waals surface area contributed by atoms with E-state index < -0.39 is 12.0 Å². The van der Waals surface area contributed by atoms with Crippen molar-refractivity contribution >= 4 is 17.9 Å². The first-order chi connectivity index (χ1) is 17.0. The summed E-state index contributed by atoms with van der Waals surface area (Å²) in [4.78, 5) is 44.6. The van der Waals surface area contributed by atoms with Gasteiger partial charge in [0.15, 0.2) is 0 Å². The van der Waals surface area contributed by atoms with Gasteiger partial charge in [0.25, 0.3) is 0 Å². The number of nitrogens with one attached hydrogen (secondary N) is 2. The first kappa shape index (κ1) is 25.2. The third kappa shape index (κ3) is 6.61. The zero-order chi connectivity index (χ0) is 24.6. The fourth-order valence-electron chi connectivity index (χ4n) is 5.03. The second-order valence-corrected chi connectivity index (χ2v) is 9.40. The monoisotopic (exact) mass is 483 g/mol. The van der Waals surface area contributed by atoms with E-state index in [-0.39, 0.29) is 18.5 Å². The predicted molar refractivity (Wildman–Crippen MR) is 132 cm³/mol.